The minimum atomic E-state index is -0.720. The van der Waals surface area contributed by atoms with Crippen molar-refractivity contribution < 1.29 is 9.90 Å². The number of unbranched alkanes of at least 4 members (excludes halogenated alkanes) is 1. The third kappa shape index (κ3) is 4.12. The second kappa shape index (κ2) is 5.48. The van der Waals surface area contributed by atoms with E-state index in [9.17, 15) is 4.79 Å². The lowest BCUT2D eigenvalue weighted by molar-refractivity contribution is -0.137. The van der Waals surface area contributed by atoms with Gasteiger partial charge in [0, 0.05) is 6.42 Å². The molecule has 1 N–H and O–H groups in total. The van der Waals surface area contributed by atoms with E-state index >= 15 is 0 Å². The molecule has 0 spiro atoms. The molecule has 1 rings (SSSR count). The van der Waals surface area contributed by atoms with Gasteiger partial charge >= 0.3 is 5.97 Å². The molecule has 0 aliphatic heterocycles. The molecule has 1 aromatic rings. The smallest absolute Gasteiger partial charge is 0.303 e. The summed E-state index contributed by atoms with van der Waals surface area (Å²) >= 11 is 0. The molecule has 0 amide bonds. The van der Waals surface area contributed by atoms with Crippen molar-refractivity contribution in [2.75, 3.05) is 0 Å². The van der Waals surface area contributed by atoms with Crippen molar-refractivity contribution in [3.63, 3.8) is 0 Å². The minimum Gasteiger partial charge on any atom is -0.481 e. The van der Waals surface area contributed by atoms with E-state index in [0.29, 0.717) is 0 Å². The Bertz CT molecular complexity index is 293. The molecule has 2 nitrogen and oxygen atoms in total. The Morgan fingerprint density at radius 1 is 1.21 bits per heavy atom. The van der Waals surface area contributed by atoms with E-state index in [1.807, 2.05) is 24.3 Å². The zero-order valence-electron chi connectivity index (χ0n) is 8.07. The summed E-state index contributed by atoms with van der Waals surface area (Å²) < 4.78 is 0. The Hall–Kier alpha value is -1.25. The topological polar surface area (TPSA) is 37.3 Å². The van der Waals surface area contributed by atoms with Crippen LogP contribution in [0.2, 0.25) is 0 Å². The first-order valence-electron chi connectivity index (χ1n) is 4.74. The van der Waals surface area contributed by atoms with Crippen LogP contribution in [0.3, 0.4) is 0 Å². The molecule has 3 heteroatoms. The molecule has 1 aromatic carbocycles. The molecule has 0 aliphatic carbocycles. The van der Waals surface area contributed by atoms with Gasteiger partial charge in [0.2, 0.25) is 0 Å². The lowest BCUT2D eigenvalue weighted by Crippen LogP contribution is -2.00. The SMILES string of the molecule is [B]c1ccc(CCCCC(=O)O)cc1. The van der Waals surface area contributed by atoms with E-state index in [1.165, 1.54) is 5.56 Å². The first-order chi connectivity index (χ1) is 6.68. The van der Waals surface area contributed by atoms with Gasteiger partial charge in [-0.1, -0.05) is 29.7 Å². The third-order valence-electron chi connectivity index (χ3n) is 2.09. The van der Waals surface area contributed by atoms with E-state index in [2.05, 4.69) is 0 Å². The normalized spacial score (nSPS) is 10.0. The molecule has 2 radical (unpaired) electrons. The van der Waals surface area contributed by atoms with Gasteiger partial charge in [-0.05, 0) is 24.8 Å². The lowest BCUT2D eigenvalue weighted by Gasteiger charge is -2.00. The van der Waals surface area contributed by atoms with E-state index in [0.717, 1.165) is 24.7 Å². The van der Waals surface area contributed by atoms with Gasteiger partial charge < -0.3 is 5.11 Å². The summed E-state index contributed by atoms with van der Waals surface area (Å²) in [5, 5.41) is 8.43. The van der Waals surface area contributed by atoms with Gasteiger partial charge in [-0.25, -0.2) is 0 Å². The molecule has 0 fully saturated rings. The van der Waals surface area contributed by atoms with Crippen LogP contribution in [0.25, 0.3) is 0 Å². The van der Waals surface area contributed by atoms with E-state index in [-0.39, 0.29) is 6.42 Å². The highest BCUT2D eigenvalue weighted by atomic mass is 16.4. The predicted octanol–water partition coefficient (Wildman–Crippen LogP) is 1.28. The minimum absolute atomic E-state index is 0.259. The molecule has 0 atom stereocenters. The summed E-state index contributed by atoms with van der Waals surface area (Å²) in [5.74, 6) is -0.720. The van der Waals surface area contributed by atoms with Gasteiger partial charge in [0.15, 0.2) is 0 Å². The third-order valence-corrected chi connectivity index (χ3v) is 2.09. The Morgan fingerprint density at radius 2 is 1.86 bits per heavy atom. The van der Waals surface area contributed by atoms with Crippen LogP contribution in [0.15, 0.2) is 24.3 Å². The number of aliphatic carboxylic acids is 1. The molecule has 14 heavy (non-hydrogen) atoms. The number of carbonyl (C=O) groups is 1. The maximum Gasteiger partial charge on any atom is 0.303 e. The summed E-state index contributed by atoms with van der Waals surface area (Å²) in [6.45, 7) is 0. The second-order valence-electron chi connectivity index (χ2n) is 3.34. The Morgan fingerprint density at radius 3 is 2.43 bits per heavy atom. The van der Waals surface area contributed by atoms with Crippen LogP contribution in [0.4, 0.5) is 0 Å². The fraction of sp³-hybridized carbons (Fsp3) is 0.364. The molecular formula is C11H13BO2. The number of carboxylic acids is 1. The van der Waals surface area contributed by atoms with Crippen LogP contribution in [-0.4, -0.2) is 18.9 Å². The molecule has 0 saturated heterocycles. The van der Waals surface area contributed by atoms with E-state index in [1.54, 1.807) is 0 Å². The zero-order chi connectivity index (χ0) is 10.4. The van der Waals surface area contributed by atoms with E-state index < -0.39 is 5.97 Å². The fourth-order valence-electron chi connectivity index (χ4n) is 1.29. The van der Waals surface area contributed by atoms with Crippen LogP contribution in [0.5, 0.6) is 0 Å². The van der Waals surface area contributed by atoms with Crippen LogP contribution in [0, 0.1) is 0 Å². The first kappa shape index (κ1) is 10.8. The first-order valence-corrected chi connectivity index (χ1v) is 4.74. The molecule has 0 heterocycles. The van der Waals surface area contributed by atoms with Gasteiger partial charge in [0.25, 0.3) is 0 Å². The molecule has 0 bridgehead atoms. The van der Waals surface area contributed by atoms with Crippen molar-refractivity contribution in [1.29, 1.82) is 0 Å². The highest BCUT2D eigenvalue weighted by molar-refractivity contribution is 6.32. The summed E-state index contributed by atoms with van der Waals surface area (Å²) in [6, 6.07) is 7.70. The summed E-state index contributed by atoms with van der Waals surface area (Å²) in [5.41, 5.74) is 1.98. The van der Waals surface area contributed by atoms with Gasteiger partial charge in [-0.15, -0.1) is 0 Å². The van der Waals surface area contributed by atoms with Crippen LogP contribution in [0.1, 0.15) is 24.8 Å². The van der Waals surface area contributed by atoms with Gasteiger partial charge in [-0.3, -0.25) is 4.79 Å². The van der Waals surface area contributed by atoms with Gasteiger partial charge in [0.1, 0.15) is 7.85 Å². The van der Waals surface area contributed by atoms with Crippen molar-refractivity contribution in [2.24, 2.45) is 0 Å². The van der Waals surface area contributed by atoms with Gasteiger partial charge in [-0.2, -0.15) is 0 Å². The zero-order valence-corrected chi connectivity index (χ0v) is 8.07. The largest absolute Gasteiger partial charge is 0.481 e. The molecule has 0 aliphatic rings. The highest BCUT2D eigenvalue weighted by Crippen LogP contribution is 2.05. The monoisotopic (exact) mass is 188 g/mol. The van der Waals surface area contributed by atoms with Crippen molar-refractivity contribution >= 4 is 19.3 Å². The Kier molecular flexibility index (Phi) is 4.24. The maximum atomic E-state index is 10.2. The van der Waals surface area contributed by atoms with E-state index in [4.69, 9.17) is 13.0 Å². The van der Waals surface area contributed by atoms with Crippen LogP contribution in [-0.2, 0) is 11.2 Å². The fourth-order valence-corrected chi connectivity index (χ4v) is 1.29. The summed E-state index contributed by atoms with van der Waals surface area (Å²) in [4.78, 5) is 10.2. The van der Waals surface area contributed by atoms with Gasteiger partial charge in [0.05, 0.1) is 0 Å². The maximum absolute atomic E-state index is 10.2. The van der Waals surface area contributed by atoms with Crippen molar-refractivity contribution in [1.82, 2.24) is 0 Å². The van der Waals surface area contributed by atoms with Crippen LogP contribution < -0.4 is 5.46 Å². The average Bonchev–Trinajstić information content (AvgIpc) is 2.15. The number of rotatable bonds is 5. The number of carboxylic acid groups (broad SMARTS) is 1. The number of benzene rings is 1. The molecule has 0 unspecified atom stereocenters. The second-order valence-corrected chi connectivity index (χ2v) is 3.34. The Labute approximate surface area is 85.4 Å². The van der Waals surface area contributed by atoms with Crippen molar-refractivity contribution in [3.8, 4) is 0 Å². The number of aryl methyl sites for hydroxylation is 1. The molecule has 0 aromatic heterocycles. The number of hydrogen-bond acceptors (Lipinski definition) is 1. The van der Waals surface area contributed by atoms with Crippen molar-refractivity contribution in [3.05, 3.63) is 29.8 Å². The number of hydrogen-bond donors (Lipinski definition) is 1. The molecule has 0 saturated carbocycles. The molecule has 72 valence electrons. The van der Waals surface area contributed by atoms with Crippen LogP contribution >= 0.6 is 0 Å². The standard InChI is InChI=1S/C11H13BO2/c12-10-7-5-9(6-8-10)3-1-2-4-11(13)14/h5-8H,1-4H2,(H,13,14). The van der Waals surface area contributed by atoms with Crippen molar-refractivity contribution in [2.45, 2.75) is 25.7 Å². The highest BCUT2D eigenvalue weighted by Gasteiger charge is 1.97. The molecular weight excluding hydrogens is 175 g/mol. The predicted molar refractivity (Wildman–Crippen MR) is 57.0 cm³/mol. The summed E-state index contributed by atoms with van der Waals surface area (Å²) in [6.07, 6.45) is 2.83. The lowest BCUT2D eigenvalue weighted by atomic mass is 9.94. The Balaban J connectivity index is 2.25. The summed E-state index contributed by atoms with van der Waals surface area (Å²) in [7, 11) is 5.54. The quantitative estimate of drug-likeness (QED) is 0.558. The average molecular weight is 188 g/mol.